The van der Waals surface area contributed by atoms with E-state index in [9.17, 15) is 34.8 Å². The van der Waals surface area contributed by atoms with Crippen LogP contribution in [0.1, 0.15) is 99.8 Å². The van der Waals surface area contributed by atoms with Gasteiger partial charge in [0, 0.05) is 48.2 Å². The van der Waals surface area contributed by atoms with Crippen molar-refractivity contribution in [1.29, 1.82) is 0 Å². The molecule has 13 nitrogen and oxygen atoms in total. The summed E-state index contributed by atoms with van der Waals surface area (Å²) in [5.74, 6) is -6.21. The van der Waals surface area contributed by atoms with E-state index in [0.29, 0.717) is 24.8 Å². The minimum atomic E-state index is -1.91. The van der Waals surface area contributed by atoms with E-state index in [-0.39, 0.29) is 38.0 Å². The van der Waals surface area contributed by atoms with Gasteiger partial charge in [-0.25, -0.2) is 9.59 Å². The highest BCUT2D eigenvalue weighted by molar-refractivity contribution is 5.83. The summed E-state index contributed by atoms with van der Waals surface area (Å²) in [7, 11) is 2.56. The van der Waals surface area contributed by atoms with Crippen LogP contribution in [0.2, 0.25) is 0 Å². The molecule has 4 N–H and O–H groups in total. The number of carbonyl (C=O) groups is 3. The van der Waals surface area contributed by atoms with E-state index in [0.717, 1.165) is 5.57 Å². The molecular formula is C39H60O13. The molecule has 0 aliphatic carbocycles. The number of fused-ring (bicyclic) bond motifs is 6. The molecule has 11 atom stereocenters. The molecule has 3 fully saturated rings. The topological polar surface area (TPSA) is 188 Å². The summed E-state index contributed by atoms with van der Waals surface area (Å²) in [4.78, 5) is 38.0. The van der Waals surface area contributed by atoms with Gasteiger partial charge in [-0.1, -0.05) is 64.8 Å². The van der Waals surface area contributed by atoms with Gasteiger partial charge in [0.15, 0.2) is 11.6 Å². The van der Waals surface area contributed by atoms with E-state index in [4.69, 9.17) is 28.4 Å². The number of methoxy groups -OCH3 is 2. The smallest absolute Gasteiger partial charge is 0.330 e. The predicted octanol–water partition coefficient (Wildman–Crippen LogP) is 3.80. The molecule has 4 heterocycles. The Morgan fingerprint density at radius 2 is 1.56 bits per heavy atom. The van der Waals surface area contributed by atoms with Gasteiger partial charge in [0.25, 0.3) is 0 Å². The summed E-state index contributed by atoms with van der Waals surface area (Å²) in [6, 6.07) is 0. The van der Waals surface area contributed by atoms with Crippen molar-refractivity contribution < 1.29 is 63.2 Å². The molecule has 4 aliphatic rings. The second-order valence-electron chi connectivity index (χ2n) is 16.4. The number of rotatable bonds is 3. The molecule has 4 rings (SSSR count). The Hall–Kier alpha value is -2.65. The van der Waals surface area contributed by atoms with Crippen LogP contribution in [0.5, 0.6) is 0 Å². The average Bonchev–Trinajstić information content (AvgIpc) is 3.04. The fraction of sp³-hybridized carbons (Fsp3) is 0.769. The number of aliphatic hydroxyl groups is 4. The van der Waals surface area contributed by atoms with Gasteiger partial charge in [-0.2, -0.15) is 0 Å². The molecule has 0 aromatic carbocycles. The first-order chi connectivity index (χ1) is 24.1. The maximum Gasteiger partial charge on any atom is 0.330 e. The summed E-state index contributed by atoms with van der Waals surface area (Å²) in [5.41, 5.74) is -0.560. The van der Waals surface area contributed by atoms with Crippen molar-refractivity contribution in [2.75, 3.05) is 14.2 Å². The SMILES string of the molecule is COC(=O)/C=C1\CC2/C=C/C(C)(C)C3(O)OC(C/C(=C\C(=O)OC)C3C)CC([C@@H](C)O)OC(=O)CC(O)CC3CC(C)C(C)(C)C(O)(CC(C1)O2)O3. The van der Waals surface area contributed by atoms with Crippen molar-refractivity contribution in [3.05, 3.63) is 35.5 Å². The first-order valence-electron chi connectivity index (χ1n) is 18.4. The van der Waals surface area contributed by atoms with Crippen LogP contribution in [0, 0.1) is 22.7 Å². The summed E-state index contributed by atoms with van der Waals surface area (Å²) in [5, 5.41) is 46.4. The number of carbonyl (C=O) groups excluding carboxylic acids is 3. The zero-order valence-electron chi connectivity index (χ0n) is 32.1. The van der Waals surface area contributed by atoms with Gasteiger partial charge >= 0.3 is 17.9 Å². The molecule has 0 saturated carbocycles. The van der Waals surface area contributed by atoms with Crippen LogP contribution in [0.4, 0.5) is 0 Å². The Labute approximate surface area is 307 Å². The molecule has 52 heavy (non-hydrogen) atoms. The fourth-order valence-corrected chi connectivity index (χ4v) is 8.06. The Morgan fingerprint density at radius 3 is 2.19 bits per heavy atom. The molecule has 0 spiro atoms. The number of ether oxygens (including phenoxy) is 6. The lowest BCUT2D eigenvalue weighted by Gasteiger charge is -2.54. The second-order valence-corrected chi connectivity index (χ2v) is 16.4. The maximum absolute atomic E-state index is 13.2. The Balaban J connectivity index is 1.81. The Kier molecular flexibility index (Phi) is 13.3. The highest BCUT2D eigenvalue weighted by atomic mass is 16.6. The van der Waals surface area contributed by atoms with E-state index >= 15 is 0 Å². The minimum Gasteiger partial charge on any atom is -0.466 e. The van der Waals surface area contributed by atoms with Crippen LogP contribution in [0.25, 0.3) is 0 Å². The molecular weight excluding hydrogens is 676 g/mol. The van der Waals surface area contributed by atoms with Crippen LogP contribution in [0.3, 0.4) is 0 Å². The van der Waals surface area contributed by atoms with Gasteiger partial charge in [-0.3, -0.25) is 4.79 Å². The molecule has 4 aliphatic heterocycles. The highest BCUT2D eigenvalue weighted by Gasteiger charge is 2.56. The third-order valence-corrected chi connectivity index (χ3v) is 11.9. The van der Waals surface area contributed by atoms with E-state index in [2.05, 4.69) is 0 Å². The van der Waals surface area contributed by atoms with Crippen LogP contribution >= 0.6 is 0 Å². The van der Waals surface area contributed by atoms with Crippen LogP contribution in [0.15, 0.2) is 35.5 Å². The summed E-state index contributed by atoms with van der Waals surface area (Å²) in [6.07, 6.45) is 1.53. The molecule has 0 radical (unpaired) electrons. The molecule has 3 saturated heterocycles. The maximum atomic E-state index is 13.2. The van der Waals surface area contributed by atoms with Crippen molar-refractivity contribution in [2.24, 2.45) is 22.7 Å². The van der Waals surface area contributed by atoms with E-state index in [1.54, 1.807) is 32.9 Å². The lowest BCUT2D eigenvalue weighted by molar-refractivity contribution is -0.339. The number of hydrogen-bond acceptors (Lipinski definition) is 13. The van der Waals surface area contributed by atoms with Crippen molar-refractivity contribution in [1.82, 2.24) is 0 Å². The lowest BCUT2D eigenvalue weighted by atomic mass is 9.66. The van der Waals surface area contributed by atoms with Gasteiger partial charge in [-0.15, -0.1) is 0 Å². The quantitative estimate of drug-likeness (QED) is 0.142. The molecule has 0 aromatic rings. The monoisotopic (exact) mass is 736 g/mol. The fourth-order valence-electron chi connectivity index (χ4n) is 8.06. The predicted molar refractivity (Wildman–Crippen MR) is 188 cm³/mol. The molecule has 0 amide bonds. The van der Waals surface area contributed by atoms with Crippen molar-refractivity contribution >= 4 is 17.9 Å². The van der Waals surface area contributed by atoms with E-state index in [1.807, 2.05) is 20.8 Å². The zero-order valence-corrected chi connectivity index (χ0v) is 32.1. The normalized spacial score (nSPS) is 41.3. The van der Waals surface area contributed by atoms with Crippen LogP contribution in [-0.4, -0.2) is 107 Å². The van der Waals surface area contributed by atoms with Gasteiger partial charge in [0.1, 0.15) is 6.10 Å². The first kappa shape index (κ1) is 42.1. The van der Waals surface area contributed by atoms with Gasteiger partial charge in [0.05, 0.1) is 57.3 Å². The minimum absolute atomic E-state index is 0.0205. The number of esters is 3. The Morgan fingerprint density at radius 1 is 0.904 bits per heavy atom. The Bertz CT molecular complexity index is 1400. The molecule has 294 valence electrons. The van der Waals surface area contributed by atoms with Gasteiger partial charge < -0.3 is 48.8 Å². The van der Waals surface area contributed by atoms with Gasteiger partial charge in [-0.05, 0) is 38.5 Å². The third kappa shape index (κ3) is 9.34. The molecule has 0 aromatic heterocycles. The van der Waals surface area contributed by atoms with Crippen molar-refractivity contribution in [2.45, 2.75) is 154 Å². The second kappa shape index (κ2) is 16.4. The zero-order chi connectivity index (χ0) is 38.8. The van der Waals surface area contributed by atoms with E-state index in [1.165, 1.54) is 33.3 Å². The molecule has 10 unspecified atom stereocenters. The third-order valence-electron chi connectivity index (χ3n) is 11.9. The average molecular weight is 737 g/mol. The standard InChI is InChI=1S/C39H60O13/c1-22-12-29-18-27(41)19-35(44)50-32(24(3)40)20-30-16-26(17-34(43)48-9)23(2)39(46,52-30)36(4,5)11-10-28-13-25(15-33(42)47-8)14-31(49-28)21-38(45,51-29)37(22,6)7/h10-11,15,17,22-24,27-32,40-41,45-46H,12-14,16,18-21H2,1-9H3/b11-10+,25-15+,26-17+/t22?,23?,24-,27?,28?,29?,30?,31?,32?,38?,39?/m1/s1. The van der Waals surface area contributed by atoms with Gasteiger partial charge in [0.2, 0.25) is 0 Å². The largest absolute Gasteiger partial charge is 0.466 e. The van der Waals surface area contributed by atoms with Crippen molar-refractivity contribution in [3.63, 3.8) is 0 Å². The summed E-state index contributed by atoms with van der Waals surface area (Å²) >= 11 is 0. The number of hydrogen-bond donors (Lipinski definition) is 4. The molecule has 6 bridgehead atoms. The van der Waals surface area contributed by atoms with Crippen LogP contribution < -0.4 is 0 Å². The van der Waals surface area contributed by atoms with Crippen molar-refractivity contribution in [3.8, 4) is 0 Å². The number of cyclic esters (lactones) is 1. The van der Waals surface area contributed by atoms with E-state index < -0.39 is 89.0 Å². The molecule has 13 heteroatoms. The lowest BCUT2D eigenvalue weighted by Crippen LogP contribution is -2.59. The number of aliphatic hydroxyl groups excluding tert-OH is 2. The van der Waals surface area contributed by atoms with Crippen LogP contribution in [-0.2, 0) is 42.8 Å². The highest BCUT2D eigenvalue weighted by Crippen LogP contribution is 2.51. The summed E-state index contributed by atoms with van der Waals surface area (Å²) in [6.45, 7) is 12.7. The first-order valence-corrected chi connectivity index (χ1v) is 18.4. The summed E-state index contributed by atoms with van der Waals surface area (Å²) < 4.78 is 34.9.